The van der Waals surface area contributed by atoms with Crippen LogP contribution in [0.1, 0.15) is 116 Å². The number of piperazine rings is 2. The van der Waals surface area contributed by atoms with Crippen molar-refractivity contribution in [3.05, 3.63) is 119 Å². The molecular weight excluding hydrogens is 1180 g/mol. The molecule has 6 fully saturated rings. The van der Waals surface area contributed by atoms with Crippen molar-refractivity contribution in [1.82, 2.24) is 29.6 Å². The molecule has 87 heavy (non-hydrogen) atoms. The zero-order valence-corrected chi connectivity index (χ0v) is 51.8. The summed E-state index contributed by atoms with van der Waals surface area (Å²) in [4.78, 5) is 73.6. The Bertz CT molecular complexity index is 3570. The first-order chi connectivity index (χ1) is 41.3. The molecule has 5 amide bonds. The van der Waals surface area contributed by atoms with Crippen molar-refractivity contribution in [3.8, 4) is 0 Å². The second kappa shape index (κ2) is 24.6. The maximum absolute atomic E-state index is 14.5. The van der Waals surface area contributed by atoms with Gasteiger partial charge in [0, 0.05) is 112 Å². The Kier molecular flexibility index (Phi) is 17.6. The first kappa shape index (κ1) is 62.3. The minimum Gasteiger partial charge on any atom is -0.384 e. The van der Waals surface area contributed by atoms with E-state index in [1.165, 1.54) is 56.0 Å². The lowest BCUT2D eigenvalue weighted by molar-refractivity contribution is -0.167. The Hall–Kier alpha value is -6.31. The third-order valence-corrected chi connectivity index (χ3v) is 22.8. The normalized spacial score (nSPS) is 24.0. The van der Waals surface area contributed by atoms with Crippen molar-refractivity contribution < 1.29 is 54.0 Å². The lowest BCUT2D eigenvalue weighted by atomic mass is 9.33. The Morgan fingerprint density at radius 1 is 0.770 bits per heavy atom. The fourth-order valence-electron chi connectivity index (χ4n) is 14.2. The fraction of sp³-hybridized carbons (Fsp3) is 0.508. The number of thioether (sulfide) groups is 1. The number of amides is 5. The minimum atomic E-state index is -6.14. The molecular formula is C63H76F3N9O9S3. The van der Waals surface area contributed by atoms with Gasteiger partial charge in [-0.1, -0.05) is 56.2 Å². The van der Waals surface area contributed by atoms with Crippen LogP contribution in [0.5, 0.6) is 0 Å². The monoisotopic (exact) mass is 1260 g/mol. The summed E-state index contributed by atoms with van der Waals surface area (Å²) in [6, 6.07) is 21.5. The number of rotatable bonds is 22. The highest BCUT2D eigenvalue weighted by molar-refractivity contribution is 7.99. The number of anilines is 3. The van der Waals surface area contributed by atoms with Gasteiger partial charge in [-0.05, 0) is 147 Å². The Morgan fingerprint density at radius 3 is 2.11 bits per heavy atom. The number of piperidine rings is 1. The van der Waals surface area contributed by atoms with Gasteiger partial charge in [-0.15, -0.1) is 11.8 Å². The predicted molar refractivity (Wildman–Crippen MR) is 327 cm³/mol. The second-order valence-electron chi connectivity index (χ2n) is 25.8. The van der Waals surface area contributed by atoms with Gasteiger partial charge in [-0.2, -0.15) is 13.2 Å². The molecule has 3 saturated heterocycles. The van der Waals surface area contributed by atoms with Gasteiger partial charge in [0.25, 0.3) is 37.6 Å². The average Bonchev–Trinajstić information content (AvgIpc) is 1.17. The molecule has 0 aromatic heterocycles. The summed E-state index contributed by atoms with van der Waals surface area (Å²) in [5.74, 6) is -3.04. The largest absolute Gasteiger partial charge is 0.501 e. The number of alkyl halides is 3. The van der Waals surface area contributed by atoms with E-state index >= 15 is 0 Å². The van der Waals surface area contributed by atoms with Gasteiger partial charge in [-0.3, -0.25) is 39.1 Å². The quantitative estimate of drug-likeness (QED) is 0.0251. The van der Waals surface area contributed by atoms with Crippen LogP contribution in [0.15, 0.2) is 117 Å². The molecule has 4 N–H and O–H groups in total. The van der Waals surface area contributed by atoms with Crippen LogP contribution in [0.4, 0.5) is 30.2 Å². The summed E-state index contributed by atoms with van der Waals surface area (Å²) in [7, 11) is -11.0. The van der Waals surface area contributed by atoms with E-state index in [1.807, 2.05) is 35.1 Å². The molecule has 4 aliphatic carbocycles. The van der Waals surface area contributed by atoms with E-state index in [0.29, 0.717) is 92.4 Å². The third-order valence-electron chi connectivity index (χ3n) is 18.7. The molecule has 1 unspecified atom stereocenters. The number of benzene rings is 4. The molecule has 8 aliphatic rings. The van der Waals surface area contributed by atoms with Crippen LogP contribution in [-0.4, -0.2) is 168 Å². The molecule has 12 rings (SSSR count). The van der Waals surface area contributed by atoms with Gasteiger partial charge in [0.15, 0.2) is 0 Å². The van der Waals surface area contributed by atoms with E-state index in [0.717, 1.165) is 66.8 Å². The van der Waals surface area contributed by atoms with E-state index < -0.39 is 82.5 Å². The summed E-state index contributed by atoms with van der Waals surface area (Å²) in [6.45, 7) is 15.9. The minimum absolute atomic E-state index is 0.00692. The van der Waals surface area contributed by atoms with E-state index in [4.69, 9.17) is 0 Å². The number of nitrogens with zero attached hydrogens (tertiary/aromatic N) is 5. The number of nitrogens with one attached hydrogen (secondary N) is 4. The Labute approximate surface area is 511 Å². The van der Waals surface area contributed by atoms with E-state index in [-0.39, 0.29) is 29.5 Å². The molecule has 4 aromatic carbocycles. The number of sulfonamides is 1. The van der Waals surface area contributed by atoms with Gasteiger partial charge in [0.2, 0.25) is 11.8 Å². The number of carbonyl (C=O) groups is 5. The van der Waals surface area contributed by atoms with Gasteiger partial charge in [0.05, 0.1) is 21.7 Å². The molecule has 2 atom stereocenters. The maximum atomic E-state index is 14.5. The zero-order valence-electron chi connectivity index (χ0n) is 49.3. The Morgan fingerprint density at radius 2 is 1.45 bits per heavy atom. The van der Waals surface area contributed by atoms with E-state index in [2.05, 4.69) is 56.3 Å². The molecule has 4 aliphatic heterocycles. The molecule has 4 heterocycles. The van der Waals surface area contributed by atoms with E-state index in [9.17, 15) is 54.0 Å². The summed E-state index contributed by atoms with van der Waals surface area (Å²) in [5, 5.41) is 8.53. The van der Waals surface area contributed by atoms with Crippen molar-refractivity contribution in [3.63, 3.8) is 0 Å². The number of allylic oxidation sites excluding steroid dienone is 1. The zero-order chi connectivity index (χ0) is 61.7. The summed E-state index contributed by atoms with van der Waals surface area (Å²) in [5.41, 5.74) is 0.135. The molecule has 4 aromatic rings. The van der Waals surface area contributed by atoms with Crippen molar-refractivity contribution in [2.24, 2.45) is 16.2 Å². The fourth-order valence-corrected chi connectivity index (χ4v) is 17.2. The van der Waals surface area contributed by atoms with E-state index in [1.54, 1.807) is 41.5 Å². The first-order valence-corrected chi connectivity index (χ1v) is 34.0. The van der Waals surface area contributed by atoms with Crippen LogP contribution in [-0.2, 0) is 29.4 Å². The van der Waals surface area contributed by atoms with Crippen LogP contribution in [0.25, 0.3) is 0 Å². The number of fused-ring (bicyclic) bond motifs is 1. The van der Waals surface area contributed by atoms with Crippen LogP contribution in [0, 0.1) is 16.2 Å². The number of sulfone groups is 1. The van der Waals surface area contributed by atoms with Gasteiger partial charge in [-0.25, -0.2) is 21.6 Å². The molecule has 0 radical (unpaired) electrons. The van der Waals surface area contributed by atoms with Crippen molar-refractivity contribution in [2.75, 3.05) is 99.8 Å². The lowest BCUT2D eigenvalue weighted by Gasteiger charge is -2.72. The SMILES string of the molecule is CC1(C)CCC(CN2CCN(c3ccc(C(=O)NS(=O)(=O)c4ccc(N[C@H](CCN5CCN(CCCNc6cccc7c6C(=O)N(C6CCC(=O)NC6=O)C7=O)CC5)CSc5ccccc5)c(S(=O)(=O)C(F)(F)F)c4)cc3)CC2)=C(C23CC(C)(C2)C3)C1. The molecule has 24 heteroatoms. The molecule has 18 nitrogen and oxygen atoms in total. The molecule has 466 valence electrons. The molecule has 2 bridgehead atoms. The van der Waals surface area contributed by atoms with Gasteiger partial charge in [0.1, 0.15) is 10.9 Å². The number of carbonyl (C=O) groups excluding carboxylic acids is 5. The standard InChI is InChI=1S/C63H76F3N9O9S3/c1-60(2)23-21-43(49(36-60)62-39-61(3,40-62)41-62)37-73-31-33-74(34-32-73)45-15-13-42(14-16-45)56(77)70-87(83,84)47-17-18-50(53(35-47)86(81,82)63(64,65)66)68-44(38-85-46-9-5-4-6-10-46)22-26-72-29-27-71(28-30-72)25-8-24-67-51-12-7-11-48-55(51)59(80)75(58(48)79)52-19-20-54(76)69-57(52)78/h4-7,9-18,35,44,52,67-68H,8,19-34,36-41H2,1-3H3,(H,70,77)(H,69,76,78)/t44-,52?,61?,62?/m1/s1. The summed E-state index contributed by atoms with van der Waals surface area (Å²) < 4.78 is 99.8. The lowest BCUT2D eigenvalue weighted by Crippen LogP contribution is -2.61. The predicted octanol–water partition coefficient (Wildman–Crippen LogP) is 8.40. The molecule has 0 spiro atoms. The topological polar surface area (TPSA) is 218 Å². The highest BCUT2D eigenvalue weighted by atomic mass is 32.2. The average molecular weight is 1260 g/mol. The summed E-state index contributed by atoms with van der Waals surface area (Å²) in [6.07, 6.45) is 8.64. The summed E-state index contributed by atoms with van der Waals surface area (Å²) >= 11 is 1.43. The maximum Gasteiger partial charge on any atom is 0.501 e. The van der Waals surface area contributed by atoms with Crippen LogP contribution in [0.2, 0.25) is 0 Å². The third kappa shape index (κ3) is 13.4. The van der Waals surface area contributed by atoms with Gasteiger partial charge < -0.3 is 25.3 Å². The van der Waals surface area contributed by atoms with Crippen molar-refractivity contribution >= 4 is 78.2 Å². The molecule has 3 saturated carbocycles. The number of hydrogen-bond acceptors (Lipinski definition) is 16. The number of hydrogen-bond donors (Lipinski definition) is 4. The van der Waals surface area contributed by atoms with Gasteiger partial charge >= 0.3 is 5.51 Å². The van der Waals surface area contributed by atoms with Crippen LogP contribution in [0.3, 0.4) is 0 Å². The van der Waals surface area contributed by atoms with Crippen molar-refractivity contribution in [2.45, 2.75) is 117 Å². The Balaban J connectivity index is 0.689. The van der Waals surface area contributed by atoms with Crippen molar-refractivity contribution in [1.29, 1.82) is 0 Å². The second-order valence-corrected chi connectivity index (χ2v) is 30.5. The number of halogens is 3. The number of imide groups is 2. The smallest absolute Gasteiger partial charge is 0.384 e. The van der Waals surface area contributed by atoms with Crippen LogP contribution < -0.4 is 25.6 Å². The first-order valence-electron chi connectivity index (χ1n) is 30.1. The highest BCUT2D eigenvalue weighted by Crippen LogP contribution is 2.77. The highest BCUT2D eigenvalue weighted by Gasteiger charge is 2.67. The van der Waals surface area contributed by atoms with Crippen LogP contribution >= 0.6 is 11.8 Å².